The molecule has 2 aromatic carbocycles. The minimum absolute atomic E-state index is 0.362. The third-order valence-corrected chi connectivity index (χ3v) is 6.01. The molecule has 2 aromatic heterocycles. The zero-order valence-electron chi connectivity index (χ0n) is 17.7. The van der Waals surface area contributed by atoms with Gasteiger partial charge in [0.25, 0.3) is 6.01 Å². The van der Waals surface area contributed by atoms with E-state index in [1.54, 1.807) is 13.1 Å². The van der Waals surface area contributed by atoms with Crippen molar-refractivity contribution in [1.29, 1.82) is 0 Å². The summed E-state index contributed by atoms with van der Waals surface area (Å²) in [5, 5.41) is 9.69. The Morgan fingerprint density at radius 2 is 1.81 bits per heavy atom. The van der Waals surface area contributed by atoms with E-state index in [1.165, 1.54) is 6.39 Å². The fraction of sp³-hybridized carbons (Fsp3) is 0.240. The van der Waals surface area contributed by atoms with Gasteiger partial charge in [-0.1, -0.05) is 54.6 Å². The molecule has 1 fully saturated rings. The second-order valence-electron chi connectivity index (χ2n) is 8.37. The predicted octanol–water partition coefficient (Wildman–Crippen LogP) is 5.35. The molecule has 0 bridgehead atoms. The quantitative estimate of drug-likeness (QED) is 0.457. The summed E-state index contributed by atoms with van der Waals surface area (Å²) in [6.07, 6.45) is 4.49. The highest BCUT2D eigenvalue weighted by atomic mass is 16.4. The smallest absolute Gasteiger partial charge is 0.311 e. The number of benzene rings is 2. The summed E-state index contributed by atoms with van der Waals surface area (Å²) >= 11 is 0. The van der Waals surface area contributed by atoms with E-state index in [4.69, 9.17) is 13.8 Å². The van der Waals surface area contributed by atoms with E-state index >= 15 is 0 Å². The van der Waals surface area contributed by atoms with Gasteiger partial charge in [0.05, 0.1) is 11.6 Å². The first-order valence-electron chi connectivity index (χ1n) is 10.6. The molecule has 7 heteroatoms. The molecule has 1 atom stereocenters. The number of oxazole rings is 2. The van der Waals surface area contributed by atoms with E-state index in [2.05, 4.69) is 4.98 Å². The first-order valence-corrected chi connectivity index (χ1v) is 10.6. The Morgan fingerprint density at radius 1 is 1.06 bits per heavy atom. The van der Waals surface area contributed by atoms with Crippen molar-refractivity contribution < 1.29 is 18.7 Å². The molecule has 7 nitrogen and oxygen atoms in total. The molecular weight excluding hydrogens is 406 g/mol. The number of carboxylic acids is 1. The summed E-state index contributed by atoms with van der Waals surface area (Å²) in [5.74, 6) is 0.567. The third kappa shape index (κ3) is 3.66. The average molecular weight is 429 g/mol. The second kappa shape index (κ2) is 8.00. The second-order valence-corrected chi connectivity index (χ2v) is 8.37. The molecule has 1 saturated heterocycles. The molecule has 0 amide bonds. The van der Waals surface area contributed by atoms with Gasteiger partial charge in [-0.25, -0.2) is 4.98 Å². The predicted molar refractivity (Wildman–Crippen MR) is 120 cm³/mol. The summed E-state index contributed by atoms with van der Waals surface area (Å²) in [6.45, 7) is 2.86. The van der Waals surface area contributed by atoms with Crippen LogP contribution in [-0.2, 0) is 4.79 Å². The van der Waals surface area contributed by atoms with Crippen molar-refractivity contribution in [2.45, 2.75) is 19.8 Å². The standard InChI is InChI=1S/C25H23N3O4/c1-25(23(29)30)12-5-13-28(15-25)24-27-21(22(32-24)19-6-3-2-4-7-19)18-10-8-17(9-11-18)20-14-26-16-31-20/h2-4,6-11,14,16H,5,12-13,15H2,1H3,(H,29,30). The molecule has 1 N–H and O–H groups in total. The summed E-state index contributed by atoms with van der Waals surface area (Å²) in [5.41, 5.74) is 2.64. The first-order chi connectivity index (χ1) is 15.5. The van der Waals surface area contributed by atoms with E-state index in [0.29, 0.717) is 37.0 Å². The van der Waals surface area contributed by atoms with Gasteiger partial charge in [-0.2, -0.15) is 4.98 Å². The van der Waals surface area contributed by atoms with Gasteiger partial charge in [0.15, 0.2) is 17.9 Å². The largest absolute Gasteiger partial charge is 0.481 e. The van der Waals surface area contributed by atoms with E-state index < -0.39 is 11.4 Å². The van der Waals surface area contributed by atoms with Crippen molar-refractivity contribution >= 4 is 12.0 Å². The van der Waals surface area contributed by atoms with Crippen LogP contribution in [0, 0.1) is 5.41 Å². The molecule has 4 aromatic rings. The first kappa shape index (κ1) is 20.1. The summed E-state index contributed by atoms with van der Waals surface area (Å²) in [4.78, 5) is 22.5. The van der Waals surface area contributed by atoms with Crippen LogP contribution in [0.4, 0.5) is 6.01 Å². The summed E-state index contributed by atoms with van der Waals surface area (Å²) in [6, 6.07) is 18.1. The van der Waals surface area contributed by atoms with E-state index in [9.17, 15) is 9.90 Å². The van der Waals surface area contributed by atoms with Crippen LogP contribution in [0.2, 0.25) is 0 Å². The number of aliphatic carboxylic acids is 1. The molecule has 1 aliphatic heterocycles. The highest BCUT2D eigenvalue weighted by Gasteiger charge is 2.39. The van der Waals surface area contributed by atoms with Gasteiger partial charge in [0.1, 0.15) is 5.69 Å². The molecule has 0 saturated carbocycles. The number of aromatic nitrogens is 2. The van der Waals surface area contributed by atoms with Crippen molar-refractivity contribution in [3.05, 3.63) is 67.2 Å². The highest BCUT2D eigenvalue weighted by Crippen LogP contribution is 2.39. The van der Waals surface area contributed by atoms with Crippen LogP contribution < -0.4 is 4.90 Å². The highest BCUT2D eigenvalue weighted by molar-refractivity contribution is 5.79. The molecule has 162 valence electrons. The Balaban J connectivity index is 1.54. The molecule has 1 aliphatic rings. The van der Waals surface area contributed by atoms with Gasteiger partial charge in [0, 0.05) is 29.8 Å². The van der Waals surface area contributed by atoms with Crippen molar-refractivity contribution in [3.8, 4) is 33.9 Å². The number of hydrogen-bond donors (Lipinski definition) is 1. The van der Waals surface area contributed by atoms with E-state index in [0.717, 1.165) is 28.8 Å². The maximum atomic E-state index is 11.8. The van der Waals surface area contributed by atoms with Crippen molar-refractivity contribution in [2.24, 2.45) is 5.41 Å². The average Bonchev–Trinajstić information content (AvgIpc) is 3.50. The molecular formula is C25H23N3O4. The lowest BCUT2D eigenvalue weighted by Crippen LogP contribution is -2.46. The summed E-state index contributed by atoms with van der Waals surface area (Å²) in [7, 11) is 0. The Bertz CT molecular complexity index is 1220. The third-order valence-electron chi connectivity index (χ3n) is 6.01. The van der Waals surface area contributed by atoms with Gasteiger partial charge in [0.2, 0.25) is 0 Å². The van der Waals surface area contributed by atoms with Crippen LogP contribution in [0.1, 0.15) is 19.8 Å². The molecule has 5 rings (SSSR count). The monoisotopic (exact) mass is 429 g/mol. The van der Waals surface area contributed by atoms with Crippen LogP contribution in [-0.4, -0.2) is 34.1 Å². The number of piperidine rings is 1. The zero-order chi connectivity index (χ0) is 22.1. The topological polar surface area (TPSA) is 92.6 Å². The van der Waals surface area contributed by atoms with Crippen molar-refractivity contribution in [2.75, 3.05) is 18.0 Å². The van der Waals surface area contributed by atoms with Gasteiger partial charge in [-0.3, -0.25) is 4.79 Å². The molecule has 32 heavy (non-hydrogen) atoms. The molecule has 1 unspecified atom stereocenters. The van der Waals surface area contributed by atoms with Crippen LogP contribution >= 0.6 is 0 Å². The molecule has 0 spiro atoms. The normalized spacial score (nSPS) is 18.6. The number of nitrogens with zero attached hydrogens (tertiary/aromatic N) is 3. The lowest BCUT2D eigenvalue weighted by atomic mass is 9.82. The molecule has 0 radical (unpaired) electrons. The maximum absolute atomic E-state index is 11.8. The van der Waals surface area contributed by atoms with Gasteiger partial charge in [-0.15, -0.1) is 0 Å². The number of carboxylic acid groups (broad SMARTS) is 1. The Kier molecular flexibility index (Phi) is 5.01. The fourth-order valence-corrected chi connectivity index (χ4v) is 4.15. The van der Waals surface area contributed by atoms with Crippen molar-refractivity contribution in [3.63, 3.8) is 0 Å². The SMILES string of the molecule is CC1(C(=O)O)CCCN(c2nc(-c3ccc(-c4cnco4)cc3)c(-c3ccccc3)o2)C1. The van der Waals surface area contributed by atoms with Crippen molar-refractivity contribution in [1.82, 2.24) is 9.97 Å². The van der Waals surface area contributed by atoms with Gasteiger partial charge < -0.3 is 18.8 Å². The van der Waals surface area contributed by atoms with Gasteiger partial charge in [-0.05, 0) is 19.8 Å². The Hall–Kier alpha value is -3.87. The maximum Gasteiger partial charge on any atom is 0.311 e. The summed E-state index contributed by atoms with van der Waals surface area (Å²) < 4.78 is 11.6. The number of anilines is 1. The lowest BCUT2D eigenvalue weighted by molar-refractivity contribution is -0.148. The minimum atomic E-state index is -0.821. The van der Waals surface area contributed by atoms with E-state index in [-0.39, 0.29) is 0 Å². The number of hydrogen-bond acceptors (Lipinski definition) is 6. The molecule has 3 heterocycles. The fourth-order valence-electron chi connectivity index (χ4n) is 4.15. The van der Waals surface area contributed by atoms with Crippen LogP contribution in [0.25, 0.3) is 33.9 Å². The van der Waals surface area contributed by atoms with Crippen LogP contribution in [0.5, 0.6) is 0 Å². The Morgan fingerprint density at radius 3 is 2.50 bits per heavy atom. The number of rotatable bonds is 5. The van der Waals surface area contributed by atoms with Crippen LogP contribution in [0.3, 0.4) is 0 Å². The van der Waals surface area contributed by atoms with E-state index in [1.807, 2.05) is 59.5 Å². The molecule has 0 aliphatic carbocycles. The van der Waals surface area contributed by atoms with Crippen LogP contribution in [0.15, 0.2) is 76.0 Å². The van der Waals surface area contributed by atoms with Gasteiger partial charge >= 0.3 is 5.97 Å². The minimum Gasteiger partial charge on any atom is -0.481 e. The number of carbonyl (C=O) groups is 1. The zero-order valence-corrected chi connectivity index (χ0v) is 17.7. The Labute approximate surface area is 185 Å². The lowest BCUT2D eigenvalue weighted by Gasteiger charge is -2.36.